The average molecular weight is 353 g/mol. The summed E-state index contributed by atoms with van der Waals surface area (Å²) in [5.41, 5.74) is 2.54. The number of benzene rings is 2. The summed E-state index contributed by atoms with van der Waals surface area (Å²) in [6.45, 7) is 2.09. The predicted molar refractivity (Wildman–Crippen MR) is 103 cm³/mol. The molecule has 0 spiro atoms. The molecule has 0 aromatic heterocycles. The van der Waals surface area contributed by atoms with Gasteiger partial charge in [0.25, 0.3) is 0 Å². The van der Waals surface area contributed by atoms with Gasteiger partial charge in [0.2, 0.25) is 0 Å². The van der Waals surface area contributed by atoms with Crippen molar-refractivity contribution in [2.45, 2.75) is 25.0 Å². The Morgan fingerprint density at radius 1 is 0.960 bits per heavy atom. The van der Waals surface area contributed by atoms with E-state index in [0.29, 0.717) is 6.42 Å². The van der Waals surface area contributed by atoms with E-state index >= 15 is 0 Å². The molecule has 0 aliphatic carbocycles. The Balaban J connectivity index is 2.27. The summed E-state index contributed by atoms with van der Waals surface area (Å²) in [6.07, 6.45) is 0.574. The normalized spacial score (nSPS) is 22.1. The van der Waals surface area contributed by atoms with Gasteiger partial charge >= 0.3 is 5.97 Å². The minimum Gasteiger partial charge on any atom is -0.466 e. The van der Waals surface area contributed by atoms with Gasteiger partial charge in [-0.25, -0.2) is 4.79 Å². The van der Waals surface area contributed by atoms with Crippen molar-refractivity contribution in [2.24, 2.45) is 0 Å². The molecular weight excluding hydrogens is 328 g/mol. The Morgan fingerprint density at radius 3 is 1.92 bits per heavy atom. The minimum absolute atomic E-state index is 0.258. The highest BCUT2D eigenvalue weighted by molar-refractivity contribution is 7.06. The highest BCUT2D eigenvalue weighted by atomic mass is 28.3. The molecule has 2 aromatic rings. The molecule has 1 aliphatic heterocycles. The van der Waals surface area contributed by atoms with E-state index in [2.05, 4.69) is 61.2 Å². The third kappa shape index (κ3) is 3.32. The predicted octanol–water partition coefficient (Wildman–Crippen LogP) is 2.70. The zero-order valence-corrected chi connectivity index (χ0v) is 16.0. The fourth-order valence-electron chi connectivity index (χ4n) is 3.87. The zero-order valence-electron chi connectivity index (χ0n) is 15.0. The van der Waals surface area contributed by atoms with E-state index in [1.54, 1.807) is 7.11 Å². The molecule has 0 fully saturated rings. The van der Waals surface area contributed by atoms with Crippen LogP contribution in [0.1, 0.15) is 13.3 Å². The summed E-state index contributed by atoms with van der Waals surface area (Å²) in [7, 11) is 0.851. The third-order valence-electron chi connectivity index (χ3n) is 5.16. The highest BCUT2D eigenvalue weighted by Crippen LogP contribution is 2.36. The summed E-state index contributed by atoms with van der Waals surface area (Å²) in [4.78, 5) is 12.4. The molecule has 3 rings (SSSR count). The second kappa shape index (κ2) is 6.98. The number of carbonyl (C=O) groups is 1. The van der Waals surface area contributed by atoms with Crippen molar-refractivity contribution in [3.05, 3.63) is 71.9 Å². The Kier molecular flexibility index (Phi) is 4.93. The fraction of sp³-hybridized carbons (Fsp3) is 0.286. The van der Waals surface area contributed by atoms with E-state index < -0.39 is 13.7 Å². The Morgan fingerprint density at radius 2 is 1.48 bits per heavy atom. The molecular formula is C21H24O3Si. The van der Waals surface area contributed by atoms with Crippen LogP contribution in [0.2, 0.25) is 6.04 Å². The topological polar surface area (TPSA) is 35.5 Å². The van der Waals surface area contributed by atoms with Crippen LogP contribution in [0.25, 0.3) is 0 Å². The van der Waals surface area contributed by atoms with Crippen molar-refractivity contribution in [3.63, 3.8) is 0 Å². The van der Waals surface area contributed by atoms with Gasteiger partial charge in [-0.2, -0.15) is 0 Å². The molecule has 1 atom stereocenters. The van der Waals surface area contributed by atoms with E-state index in [-0.39, 0.29) is 5.97 Å². The molecule has 1 unspecified atom stereocenters. The maximum atomic E-state index is 12.4. The number of methoxy groups -OCH3 is 2. The lowest BCUT2D eigenvalue weighted by molar-refractivity contribution is -0.137. The first-order chi connectivity index (χ1) is 12.0. The lowest BCUT2D eigenvalue weighted by Crippen LogP contribution is -2.63. The Bertz CT molecular complexity index is 731. The monoisotopic (exact) mass is 352 g/mol. The van der Waals surface area contributed by atoms with Crippen LogP contribution in [0.4, 0.5) is 0 Å². The molecule has 0 bridgehead atoms. The summed E-state index contributed by atoms with van der Waals surface area (Å²) in [5, 5.41) is 2.57. The van der Waals surface area contributed by atoms with Crippen LogP contribution in [0.3, 0.4) is 0 Å². The molecule has 1 aliphatic rings. The van der Waals surface area contributed by atoms with Crippen LogP contribution in [0.15, 0.2) is 71.9 Å². The van der Waals surface area contributed by atoms with E-state index in [1.165, 1.54) is 17.5 Å². The van der Waals surface area contributed by atoms with Crippen molar-refractivity contribution in [2.75, 3.05) is 14.2 Å². The van der Waals surface area contributed by atoms with Gasteiger partial charge in [-0.3, -0.25) is 0 Å². The second-order valence-corrected chi connectivity index (χ2v) is 10.6. The molecule has 3 nitrogen and oxygen atoms in total. The standard InChI is InChI=1S/C21H24O3Si/c1-21(24-3)14-17(20(22)23-2)15-25(16-21,18-10-6-4-7-11-18)19-12-8-5-9-13-19/h4-13,15H,14,16H2,1-3H3. The number of hydrogen-bond donors (Lipinski definition) is 0. The van der Waals surface area contributed by atoms with Gasteiger partial charge in [-0.05, 0) is 23.3 Å². The summed E-state index contributed by atoms with van der Waals surface area (Å²) in [6, 6.07) is 21.9. The summed E-state index contributed by atoms with van der Waals surface area (Å²) >= 11 is 0. The number of carbonyl (C=O) groups excluding carboxylic acids is 1. The molecule has 0 saturated carbocycles. The van der Waals surface area contributed by atoms with Crippen molar-refractivity contribution in [1.29, 1.82) is 0 Å². The van der Waals surface area contributed by atoms with Crippen LogP contribution >= 0.6 is 0 Å². The third-order valence-corrected chi connectivity index (χ3v) is 10.0. The van der Waals surface area contributed by atoms with Gasteiger partial charge < -0.3 is 9.47 Å². The second-order valence-electron chi connectivity index (χ2n) is 6.87. The van der Waals surface area contributed by atoms with Crippen molar-refractivity contribution in [1.82, 2.24) is 0 Å². The quantitative estimate of drug-likeness (QED) is 0.627. The summed E-state index contributed by atoms with van der Waals surface area (Å²) in [5.74, 6) is -0.258. The van der Waals surface area contributed by atoms with Gasteiger partial charge in [-0.1, -0.05) is 66.4 Å². The SMILES string of the molecule is COC(=O)C1=C[Si](c2ccccc2)(c2ccccc2)CC(C)(OC)C1. The van der Waals surface area contributed by atoms with Gasteiger partial charge in [0, 0.05) is 19.1 Å². The molecule has 130 valence electrons. The number of hydrogen-bond acceptors (Lipinski definition) is 3. The average Bonchev–Trinajstić information content (AvgIpc) is 2.68. The van der Waals surface area contributed by atoms with E-state index in [1.807, 2.05) is 12.1 Å². The van der Waals surface area contributed by atoms with Crippen LogP contribution in [0.5, 0.6) is 0 Å². The van der Waals surface area contributed by atoms with E-state index in [4.69, 9.17) is 9.47 Å². The molecule has 0 radical (unpaired) electrons. The van der Waals surface area contributed by atoms with E-state index in [0.717, 1.165) is 11.6 Å². The zero-order chi connectivity index (χ0) is 17.9. The first-order valence-corrected chi connectivity index (χ1v) is 10.8. The first kappa shape index (κ1) is 17.6. The van der Waals surface area contributed by atoms with Gasteiger partial charge in [0.1, 0.15) is 8.07 Å². The molecule has 0 N–H and O–H groups in total. The molecule has 0 amide bonds. The Hall–Kier alpha value is -2.17. The van der Waals surface area contributed by atoms with Crippen LogP contribution in [0, 0.1) is 0 Å². The molecule has 1 heterocycles. The summed E-state index contributed by atoms with van der Waals surface area (Å²) < 4.78 is 10.9. The van der Waals surface area contributed by atoms with Gasteiger partial charge in [-0.15, -0.1) is 0 Å². The maximum absolute atomic E-state index is 12.4. The highest BCUT2D eigenvalue weighted by Gasteiger charge is 2.47. The molecule has 0 saturated heterocycles. The smallest absolute Gasteiger partial charge is 0.333 e. The largest absolute Gasteiger partial charge is 0.466 e. The first-order valence-electron chi connectivity index (χ1n) is 8.49. The van der Waals surface area contributed by atoms with Crippen molar-refractivity contribution < 1.29 is 14.3 Å². The Labute approximate surface area is 150 Å². The van der Waals surface area contributed by atoms with Crippen LogP contribution in [-0.2, 0) is 14.3 Å². The lowest BCUT2D eigenvalue weighted by Gasteiger charge is -2.43. The van der Waals surface area contributed by atoms with Crippen LogP contribution in [-0.4, -0.2) is 33.9 Å². The van der Waals surface area contributed by atoms with Crippen molar-refractivity contribution in [3.8, 4) is 0 Å². The fourth-order valence-corrected chi connectivity index (χ4v) is 8.89. The number of rotatable bonds is 4. The van der Waals surface area contributed by atoms with Crippen molar-refractivity contribution >= 4 is 24.4 Å². The molecule has 4 heteroatoms. The van der Waals surface area contributed by atoms with Gasteiger partial charge in [0.15, 0.2) is 0 Å². The lowest BCUT2D eigenvalue weighted by atomic mass is 9.98. The van der Waals surface area contributed by atoms with E-state index in [9.17, 15) is 4.79 Å². The number of esters is 1. The van der Waals surface area contributed by atoms with Crippen LogP contribution < -0.4 is 10.4 Å². The molecule has 25 heavy (non-hydrogen) atoms. The molecule has 2 aromatic carbocycles. The van der Waals surface area contributed by atoms with Gasteiger partial charge in [0.05, 0.1) is 12.7 Å². The number of ether oxygens (including phenoxy) is 2. The maximum Gasteiger partial charge on any atom is 0.333 e. The minimum atomic E-state index is -2.32.